The highest BCUT2D eigenvalue weighted by Gasteiger charge is 2.41. The number of unbranched alkanes of at least 4 members (excludes halogenated alkanes) is 4. The summed E-state index contributed by atoms with van der Waals surface area (Å²) in [7, 11) is 0. The van der Waals surface area contributed by atoms with Crippen molar-refractivity contribution in [1.29, 1.82) is 0 Å². The van der Waals surface area contributed by atoms with Crippen LogP contribution in [-0.2, 0) is 20.9 Å². The molecule has 4 aliphatic heterocycles. The molecule has 0 aliphatic carbocycles. The van der Waals surface area contributed by atoms with E-state index in [9.17, 15) is 28.4 Å². The lowest BCUT2D eigenvalue weighted by Crippen LogP contribution is -2.54. The largest absolute Gasteiger partial charge is 0.493 e. The van der Waals surface area contributed by atoms with Crippen molar-refractivity contribution in [3.63, 3.8) is 0 Å². The molecule has 15 nitrogen and oxygen atoms in total. The summed E-state index contributed by atoms with van der Waals surface area (Å²) >= 11 is 0. The fourth-order valence-corrected chi connectivity index (χ4v) is 11.1. The van der Waals surface area contributed by atoms with E-state index in [0.717, 1.165) is 74.8 Å². The van der Waals surface area contributed by atoms with Crippen molar-refractivity contribution in [2.75, 3.05) is 50.8 Å². The van der Waals surface area contributed by atoms with Gasteiger partial charge in [-0.2, -0.15) is 4.98 Å². The van der Waals surface area contributed by atoms with Gasteiger partial charge < -0.3 is 24.3 Å². The second-order valence-corrected chi connectivity index (χ2v) is 20.1. The average molecular weight is 1000 g/mol. The van der Waals surface area contributed by atoms with Crippen LogP contribution in [0.3, 0.4) is 0 Å². The van der Waals surface area contributed by atoms with Crippen molar-refractivity contribution in [2.24, 2.45) is 0 Å². The summed E-state index contributed by atoms with van der Waals surface area (Å²) in [6.07, 6.45) is 9.42. The number of benzene rings is 2. The van der Waals surface area contributed by atoms with E-state index in [0.29, 0.717) is 43.0 Å². The van der Waals surface area contributed by atoms with E-state index in [1.54, 1.807) is 29.3 Å². The number of likely N-dealkylation sites (tertiary alicyclic amines) is 1. The number of carbonyl (C=O) groups is 4. The summed E-state index contributed by atoms with van der Waals surface area (Å²) < 4.78 is 55.3. The van der Waals surface area contributed by atoms with Crippen molar-refractivity contribution < 1.29 is 37.1 Å². The third-order valence-corrected chi connectivity index (χ3v) is 14.9. The summed E-state index contributed by atoms with van der Waals surface area (Å²) in [5, 5.41) is 2.57. The predicted octanol–water partition coefficient (Wildman–Crippen LogP) is 7.88. The molecule has 4 aliphatic rings. The number of imide groups is 1. The van der Waals surface area contributed by atoms with Crippen LogP contribution in [0.25, 0.3) is 28.0 Å². The molecule has 9 rings (SSSR count). The van der Waals surface area contributed by atoms with Gasteiger partial charge in [0.15, 0.2) is 11.5 Å². The molecule has 4 amide bonds. The third kappa shape index (κ3) is 10.4. The Morgan fingerprint density at radius 3 is 2.42 bits per heavy atom. The van der Waals surface area contributed by atoms with E-state index in [1.807, 2.05) is 32.6 Å². The number of ether oxygens (including phenoxy) is 1. The Hall–Kier alpha value is -6.95. The van der Waals surface area contributed by atoms with Crippen LogP contribution in [0, 0.1) is 24.4 Å². The second kappa shape index (κ2) is 21.6. The Labute approximate surface area is 422 Å². The predicted molar refractivity (Wildman–Crippen MR) is 270 cm³/mol. The van der Waals surface area contributed by atoms with Gasteiger partial charge in [-0.1, -0.05) is 45.8 Å². The number of anilines is 1. The number of hydrogen-bond acceptors (Lipinski definition) is 11. The lowest BCUT2D eigenvalue weighted by atomic mass is 9.85. The van der Waals surface area contributed by atoms with E-state index in [4.69, 9.17) is 9.72 Å². The van der Waals surface area contributed by atoms with Gasteiger partial charge in [0.25, 0.3) is 5.91 Å². The van der Waals surface area contributed by atoms with Gasteiger partial charge >= 0.3 is 5.69 Å². The summed E-state index contributed by atoms with van der Waals surface area (Å²) in [6, 6.07) is 9.09. The van der Waals surface area contributed by atoms with Crippen LogP contribution in [0.15, 0.2) is 66.1 Å². The highest BCUT2D eigenvalue weighted by Crippen LogP contribution is 2.40. The molecule has 3 fully saturated rings. The van der Waals surface area contributed by atoms with Crippen molar-refractivity contribution in [1.82, 2.24) is 39.5 Å². The molecule has 0 spiro atoms. The number of hydrogen-bond donors (Lipinski definition) is 1. The van der Waals surface area contributed by atoms with Gasteiger partial charge in [-0.3, -0.25) is 29.5 Å². The lowest BCUT2D eigenvalue weighted by molar-refractivity contribution is -0.137. The smallest absolute Gasteiger partial charge is 0.355 e. The number of rotatable bonds is 16. The highest BCUT2D eigenvalue weighted by atomic mass is 19.1. The number of aryl methyl sites for hydroxylation is 1. The minimum absolute atomic E-state index is 0.0762. The van der Waals surface area contributed by atoms with Gasteiger partial charge in [-0.15, -0.1) is 0 Å². The molecule has 384 valence electrons. The van der Waals surface area contributed by atoms with Crippen LogP contribution in [0.1, 0.15) is 123 Å². The maximum Gasteiger partial charge on any atom is 0.355 e. The number of pyridine rings is 2. The zero-order valence-corrected chi connectivity index (χ0v) is 41.9. The zero-order valence-electron chi connectivity index (χ0n) is 41.9. The number of nitrogens with zero attached hydrogens (tertiary/aromatic N) is 8. The number of aromatic nitrogens is 4. The molecule has 0 saturated carbocycles. The van der Waals surface area contributed by atoms with Gasteiger partial charge in [-0.25, -0.2) is 27.5 Å². The van der Waals surface area contributed by atoms with Gasteiger partial charge in [0.05, 0.1) is 28.9 Å². The SMILES string of the molecule is C=CC(=O)N1CCN(c2nc(=O)n(-c3c(C)ccnc3C(C)C)c3nc(-c4c(F)cccc4OCCCCCCCN4CCC(c5cc(F)cc6c5CN(C5CCC(=O)NC5=O)C6=O)CC4)c(F)cc23)C(C)C1. The van der Waals surface area contributed by atoms with Crippen molar-refractivity contribution in [3.8, 4) is 22.7 Å². The van der Waals surface area contributed by atoms with E-state index >= 15 is 8.78 Å². The number of fused-ring (bicyclic) bond motifs is 2. The van der Waals surface area contributed by atoms with E-state index in [-0.39, 0.29) is 95.5 Å². The Kier molecular flexibility index (Phi) is 15.1. The molecule has 2 atom stereocenters. The van der Waals surface area contributed by atoms with Gasteiger partial charge in [0.1, 0.15) is 34.9 Å². The van der Waals surface area contributed by atoms with Crippen LogP contribution < -0.4 is 20.6 Å². The minimum atomic E-state index is -0.827. The van der Waals surface area contributed by atoms with Crippen molar-refractivity contribution in [2.45, 2.75) is 116 Å². The van der Waals surface area contributed by atoms with E-state index < -0.39 is 35.1 Å². The minimum Gasteiger partial charge on any atom is -0.493 e. The maximum absolute atomic E-state index is 16.8. The van der Waals surface area contributed by atoms with E-state index in [2.05, 4.69) is 26.8 Å². The molecule has 5 aromatic rings. The second-order valence-electron chi connectivity index (χ2n) is 20.1. The monoisotopic (exact) mass is 1000 g/mol. The standard InChI is InChI=1S/C55H62F3N9O6/c1-6-46(69)64-24-25-65(34(5)30-64)51-39-29-42(58)49(61-52(39)67(55(72)62-51)50-33(4)17-20-59-48(50)32(2)3)47-41(57)13-12-14-44(47)73-26-11-9-7-8-10-21-63-22-18-35(19-23-63)37-27-36(56)28-38-40(37)31-66(54(38)71)43-15-16-45(68)60-53(43)70/h6,12-14,17,20,27-29,32,34-35,43H,1,7-11,15-16,18-19,21-26,30-31H2,2-5H3,(H,60,68,70). The summed E-state index contributed by atoms with van der Waals surface area (Å²) in [5.41, 5.74) is 2.64. The maximum atomic E-state index is 16.8. The number of amides is 4. The Balaban J connectivity index is 0.835. The number of halogens is 3. The number of nitrogens with one attached hydrogen (secondary N) is 1. The third-order valence-electron chi connectivity index (χ3n) is 14.9. The normalized spacial score (nSPS) is 18.7. The average Bonchev–Trinajstić information content (AvgIpc) is 3.69. The molecule has 7 heterocycles. The molecule has 18 heteroatoms. The van der Waals surface area contributed by atoms with Crippen LogP contribution in [0.4, 0.5) is 19.0 Å². The van der Waals surface area contributed by atoms with Crippen LogP contribution in [0.2, 0.25) is 0 Å². The molecule has 2 unspecified atom stereocenters. The first-order chi connectivity index (χ1) is 35.1. The Morgan fingerprint density at radius 1 is 0.918 bits per heavy atom. The topological polar surface area (TPSA) is 163 Å². The number of piperazine rings is 1. The number of piperidine rings is 2. The van der Waals surface area contributed by atoms with Crippen LogP contribution in [-0.4, -0.2) is 116 Å². The van der Waals surface area contributed by atoms with Gasteiger partial charge in [-0.05, 0) is 137 Å². The molecule has 3 aromatic heterocycles. The molecule has 0 radical (unpaired) electrons. The first-order valence-electron chi connectivity index (χ1n) is 25.5. The van der Waals surface area contributed by atoms with E-state index in [1.165, 1.54) is 39.8 Å². The highest BCUT2D eigenvalue weighted by molar-refractivity contribution is 6.05. The number of carbonyl (C=O) groups excluding carboxylic acids is 4. The fraction of sp³-hybridized carbons (Fsp3) is 0.455. The zero-order chi connectivity index (χ0) is 51.7. The first-order valence-corrected chi connectivity index (χ1v) is 25.5. The first kappa shape index (κ1) is 51.0. The summed E-state index contributed by atoms with van der Waals surface area (Å²) in [4.78, 5) is 86.0. The molecule has 1 N–H and O–H groups in total. The van der Waals surface area contributed by atoms with Crippen LogP contribution in [0.5, 0.6) is 5.75 Å². The Morgan fingerprint density at radius 2 is 1.68 bits per heavy atom. The van der Waals surface area contributed by atoms with Crippen LogP contribution >= 0.6 is 0 Å². The summed E-state index contributed by atoms with van der Waals surface area (Å²) in [5.74, 6) is -3.16. The van der Waals surface area contributed by atoms with Crippen molar-refractivity contribution >= 4 is 40.5 Å². The molecule has 3 saturated heterocycles. The molecule has 73 heavy (non-hydrogen) atoms. The molecular weight excluding hydrogens is 940 g/mol. The van der Waals surface area contributed by atoms with Gasteiger partial charge in [0, 0.05) is 50.4 Å². The van der Waals surface area contributed by atoms with Crippen molar-refractivity contribution in [3.05, 3.63) is 117 Å². The Bertz CT molecular complexity index is 3050. The quantitative estimate of drug-likeness (QED) is 0.0581. The van der Waals surface area contributed by atoms with Gasteiger partial charge in [0.2, 0.25) is 17.7 Å². The summed E-state index contributed by atoms with van der Waals surface area (Å²) in [6.45, 7) is 15.3. The molecule has 0 bridgehead atoms. The lowest BCUT2D eigenvalue weighted by Gasteiger charge is -2.40. The fourth-order valence-electron chi connectivity index (χ4n) is 11.1. The molecule has 2 aromatic carbocycles. The molecular formula is C55H62F3N9O6.